The zero-order chi connectivity index (χ0) is 24.9. The van der Waals surface area contributed by atoms with E-state index in [4.69, 9.17) is 11.1 Å². The molecule has 0 saturated heterocycles. The summed E-state index contributed by atoms with van der Waals surface area (Å²) >= 11 is 0. The molecule has 0 heterocycles. The molecule has 0 spiro atoms. The predicted molar refractivity (Wildman–Crippen MR) is 136 cm³/mol. The Morgan fingerprint density at radius 2 is 1.51 bits per heavy atom. The lowest BCUT2D eigenvalue weighted by Crippen LogP contribution is -2.19. The molecular formula is C28H23FN4O2. The maximum absolute atomic E-state index is 14.9. The summed E-state index contributed by atoms with van der Waals surface area (Å²) in [7, 11) is 0. The lowest BCUT2D eigenvalue weighted by atomic mass is 9.99. The van der Waals surface area contributed by atoms with Gasteiger partial charge in [-0.05, 0) is 60.0 Å². The van der Waals surface area contributed by atoms with Crippen molar-refractivity contribution in [3.63, 3.8) is 0 Å². The van der Waals surface area contributed by atoms with Gasteiger partial charge in [0.25, 0.3) is 11.8 Å². The highest BCUT2D eigenvalue weighted by Crippen LogP contribution is 2.26. The zero-order valence-corrected chi connectivity index (χ0v) is 18.9. The first kappa shape index (κ1) is 23.4. The van der Waals surface area contributed by atoms with E-state index in [1.54, 1.807) is 54.6 Å². The predicted octanol–water partition coefficient (Wildman–Crippen LogP) is 5.59. The van der Waals surface area contributed by atoms with Crippen molar-refractivity contribution >= 4 is 29.0 Å². The summed E-state index contributed by atoms with van der Waals surface area (Å²) in [6, 6.07) is 25.1. The maximum atomic E-state index is 14.9. The number of para-hydroxylation sites is 1. The van der Waals surface area contributed by atoms with Gasteiger partial charge < -0.3 is 16.4 Å². The van der Waals surface area contributed by atoms with Crippen LogP contribution >= 0.6 is 0 Å². The standard InChI is InChI=1S/C28H23FN4O2/c1-17-7-2-3-10-21(17)18-13-14-22(24(29)16-18)27(34)33-25-12-5-4-11-23(25)28(35)32-20-9-6-8-19(15-20)26(30)31/h2-16H,1H3,(H3,30,31)(H,32,35)(H,33,34). The van der Waals surface area contributed by atoms with Crippen molar-refractivity contribution in [2.75, 3.05) is 10.6 Å². The van der Waals surface area contributed by atoms with Gasteiger partial charge in [-0.25, -0.2) is 4.39 Å². The van der Waals surface area contributed by atoms with Gasteiger partial charge in [-0.1, -0.05) is 54.6 Å². The molecule has 0 atom stereocenters. The van der Waals surface area contributed by atoms with E-state index in [2.05, 4.69) is 10.6 Å². The van der Waals surface area contributed by atoms with Gasteiger partial charge in [0.15, 0.2) is 0 Å². The van der Waals surface area contributed by atoms with Crippen molar-refractivity contribution in [2.45, 2.75) is 6.92 Å². The molecule has 0 saturated carbocycles. The third-order valence-electron chi connectivity index (χ3n) is 5.52. The Kier molecular flexibility index (Phi) is 6.69. The first-order valence-electron chi connectivity index (χ1n) is 10.9. The van der Waals surface area contributed by atoms with Crippen LogP contribution in [-0.4, -0.2) is 17.6 Å². The summed E-state index contributed by atoms with van der Waals surface area (Å²) in [4.78, 5) is 25.8. The van der Waals surface area contributed by atoms with Crippen LogP contribution in [0.5, 0.6) is 0 Å². The van der Waals surface area contributed by atoms with Gasteiger partial charge in [0.1, 0.15) is 11.7 Å². The SMILES string of the molecule is Cc1ccccc1-c1ccc(C(=O)Nc2ccccc2C(=O)Nc2cccc(C(=N)N)c2)c(F)c1. The Labute approximate surface area is 202 Å². The lowest BCUT2D eigenvalue weighted by Gasteiger charge is -2.13. The fraction of sp³-hybridized carbons (Fsp3) is 0.0357. The Bertz CT molecular complexity index is 1450. The molecular weight excluding hydrogens is 443 g/mol. The van der Waals surface area contributed by atoms with E-state index in [1.807, 2.05) is 31.2 Å². The van der Waals surface area contributed by atoms with Gasteiger partial charge in [-0.15, -0.1) is 0 Å². The summed E-state index contributed by atoms with van der Waals surface area (Å²) in [6.45, 7) is 1.94. The van der Waals surface area contributed by atoms with E-state index >= 15 is 0 Å². The smallest absolute Gasteiger partial charge is 0.258 e. The number of nitrogens with two attached hydrogens (primary N) is 1. The minimum absolute atomic E-state index is 0.121. The van der Waals surface area contributed by atoms with E-state index in [0.717, 1.165) is 11.1 Å². The molecule has 7 heteroatoms. The average molecular weight is 467 g/mol. The highest BCUT2D eigenvalue weighted by molar-refractivity contribution is 6.13. The van der Waals surface area contributed by atoms with Crippen LogP contribution in [0.3, 0.4) is 0 Å². The Balaban J connectivity index is 1.55. The van der Waals surface area contributed by atoms with Gasteiger partial charge in [0.05, 0.1) is 16.8 Å². The fourth-order valence-electron chi connectivity index (χ4n) is 3.71. The second-order valence-corrected chi connectivity index (χ2v) is 7.96. The van der Waals surface area contributed by atoms with Crippen LogP contribution in [0, 0.1) is 18.2 Å². The van der Waals surface area contributed by atoms with Gasteiger partial charge >= 0.3 is 0 Å². The monoisotopic (exact) mass is 466 g/mol. The number of hydrogen-bond acceptors (Lipinski definition) is 3. The number of carbonyl (C=O) groups is 2. The van der Waals surface area contributed by atoms with Crippen LogP contribution in [-0.2, 0) is 0 Å². The van der Waals surface area contributed by atoms with E-state index in [0.29, 0.717) is 16.8 Å². The van der Waals surface area contributed by atoms with Gasteiger partial charge in [-0.3, -0.25) is 15.0 Å². The molecule has 6 nitrogen and oxygen atoms in total. The summed E-state index contributed by atoms with van der Waals surface area (Å²) < 4.78 is 14.9. The number of nitrogen functional groups attached to an aromatic ring is 1. The summed E-state index contributed by atoms with van der Waals surface area (Å²) in [6.07, 6.45) is 0. The molecule has 5 N–H and O–H groups in total. The number of aryl methyl sites for hydroxylation is 1. The van der Waals surface area contributed by atoms with E-state index in [-0.39, 0.29) is 22.6 Å². The number of halogens is 1. The van der Waals surface area contributed by atoms with Crippen LogP contribution in [0.15, 0.2) is 91.0 Å². The topological polar surface area (TPSA) is 108 Å². The molecule has 0 fully saturated rings. The number of rotatable bonds is 6. The quantitative estimate of drug-likeness (QED) is 0.220. The molecule has 35 heavy (non-hydrogen) atoms. The molecule has 0 aromatic heterocycles. The number of amides is 2. The number of amidine groups is 1. The summed E-state index contributed by atoms with van der Waals surface area (Å²) in [5.74, 6) is -1.93. The second kappa shape index (κ2) is 10.0. The van der Waals surface area contributed by atoms with Crippen molar-refractivity contribution in [1.29, 1.82) is 5.41 Å². The normalized spacial score (nSPS) is 10.5. The van der Waals surface area contributed by atoms with Gasteiger partial charge in [-0.2, -0.15) is 0 Å². The number of hydrogen-bond donors (Lipinski definition) is 4. The minimum atomic E-state index is -0.669. The van der Waals surface area contributed by atoms with Gasteiger partial charge in [0.2, 0.25) is 0 Å². The highest BCUT2D eigenvalue weighted by atomic mass is 19.1. The molecule has 0 unspecified atom stereocenters. The highest BCUT2D eigenvalue weighted by Gasteiger charge is 2.18. The van der Waals surface area contributed by atoms with Crippen LogP contribution in [0.25, 0.3) is 11.1 Å². The molecule has 0 bridgehead atoms. The second-order valence-electron chi connectivity index (χ2n) is 7.96. The van der Waals surface area contributed by atoms with Crippen molar-refractivity contribution in [3.05, 3.63) is 119 Å². The molecule has 0 aliphatic heterocycles. The van der Waals surface area contributed by atoms with Crippen LogP contribution in [0.2, 0.25) is 0 Å². The van der Waals surface area contributed by atoms with Crippen molar-refractivity contribution in [2.24, 2.45) is 5.73 Å². The van der Waals surface area contributed by atoms with Crippen LogP contribution < -0.4 is 16.4 Å². The van der Waals surface area contributed by atoms with Crippen LogP contribution in [0.1, 0.15) is 31.8 Å². The number of carbonyl (C=O) groups excluding carboxylic acids is 2. The molecule has 0 aliphatic rings. The average Bonchev–Trinajstić information content (AvgIpc) is 2.84. The number of benzene rings is 4. The largest absolute Gasteiger partial charge is 0.384 e. The van der Waals surface area contributed by atoms with Crippen molar-refractivity contribution in [1.82, 2.24) is 0 Å². The van der Waals surface area contributed by atoms with Gasteiger partial charge in [0, 0.05) is 11.3 Å². The number of nitrogens with one attached hydrogen (secondary N) is 3. The maximum Gasteiger partial charge on any atom is 0.258 e. The summed E-state index contributed by atoms with van der Waals surface area (Å²) in [5.41, 5.74) is 9.28. The molecule has 4 aromatic rings. The third kappa shape index (κ3) is 5.25. The first-order chi connectivity index (χ1) is 16.8. The molecule has 0 aliphatic carbocycles. The number of anilines is 2. The van der Waals surface area contributed by atoms with Crippen molar-refractivity contribution in [3.8, 4) is 11.1 Å². The lowest BCUT2D eigenvalue weighted by molar-refractivity contribution is 0.102. The molecule has 2 amide bonds. The Morgan fingerprint density at radius 3 is 2.26 bits per heavy atom. The molecule has 4 aromatic carbocycles. The third-order valence-corrected chi connectivity index (χ3v) is 5.52. The zero-order valence-electron chi connectivity index (χ0n) is 18.9. The van der Waals surface area contributed by atoms with Crippen molar-refractivity contribution < 1.29 is 14.0 Å². The molecule has 4 rings (SSSR count). The fourth-order valence-corrected chi connectivity index (χ4v) is 3.71. The Hall–Kier alpha value is -4.78. The molecule has 174 valence electrons. The minimum Gasteiger partial charge on any atom is -0.384 e. The molecule has 0 radical (unpaired) electrons. The van der Waals surface area contributed by atoms with E-state index in [9.17, 15) is 14.0 Å². The Morgan fingerprint density at radius 1 is 0.800 bits per heavy atom. The summed E-state index contributed by atoms with van der Waals surface area (Å²) in [5, 5.41) is 12.9. The first-order valence-corrected chi connectivity index (χ1v) is 10.9. The van der Waals surface area contributed by atoms with E-state index < -0.39 is 17.6 Å². The van der Waals surface area contributed by atoms with Crippen LogP contribution in [0.4, 0.5) is 15.8 Å². The van der Waals surface area contributed by atoms with E-state index in [1.165, 1.54) is 12.1 Å².